The molecule has 4 heterocycles. The summed E-state index contributed by atoms with van der Waals surface area (Å²) in [5.74, 6) is 1.94. The number of hydrogen-bond donors (Lipinski definition) is 2. The summed E-state index contributed by atoms with van der Waals surface area (Å²) in [6.07, 6.45) is 0. The predicted molar refractivity (Wildman–Crippen MR) is 132 cm³/mol. The van der Waals surface area contributed by atoms with Crippen LogP contribution in [-0.2, 0) is 6.54 Å². The first-order chi connectivity index (χ1) is 15.6. The maximum atomic E-state index is 7.05. The van der Waals surface area contributed by atoms with Crippen LogP contribution in [-0.4, -0.2) is 97.5 Å². The summed E-state index contributed by atoms with van der Waals surface area (Å²) < 4.78 is 2.10. The Labute approximate surface area is 195 Å². The van der Waals surface area contributed by atoms with Crippen molar-refractivity contribution in [3.05, 3.63) is 41.5 Å². The molecule has 0 amide bonds. The fourth-order valence-electron chi connectivity index (χ4n) is 4.59. The maximum absolute atomic E-state index is 7.05. The van der Waals surface area contributed by atoms with Gasteiger partial charge in [0.1, 0.15) is 0 Å². The zero-order valence-corrected chi connectivity index (χ0v) is 19.8. The van der Waals surface area contributed by atoms with Crippen molar-refractivity contribution in [1.29, 1.82) is 0 Å². The molecule has 1 aromatic heterocycles. The van der Waals surface area contributed by atoms with Gasteiger partial charge in [0.2, 0.25) is 0 Å². The average molecular weight is 457 g/mol. The van der Waals surface area contributed by atoms with E-state index in [4.69, 9.17) is 16.7 Å². The van der Waals surface area contributed by atoms with Crippen molar-refractivity contribution in [3.8, 4) is 0 Å². The summed E-state index contributed by atoms with van der Waals surface area (Å²) in [5, 5.41) is 5.81. The van der Waals surface area contributed by atoms with Crippen LogP contribution in [0.3, 0.4) is 0 Å². The van der Waals surface area contributed by atoms with Crippen molar-refractivity contribution in [2.24, 2.45) is 0 Å². The second-order valence-corrected chi connectivity index (χ2v) is 9.39. The molecule has 3 aliphatic rings. The number of benzene rings is 1. The molecule has 3 aliphatic heterocycles. The summed E-state index contributed by atoms with van der Waals surface area (Å²) >= 11 is 7.05. The predicted octanol–water partition coefficient (Wildman–Crippen LogP) is 1.88. The van der Waals surface area contributed by atoms with Gasteiger partial charge in [0.15, 0.2) is 11.6 Å². The fourth-order valence-corrected chi connectivity index (χ4v) is 4.92. The number of hydrogen-bond acceptors (Lipinski definition) is 7. The van der Waals surface area contributed by atoms with Gasteiger partial charge >= 0.3 is 0 Å². The lowest BCUT2D eigenvalue weighted by Crippen LogP contribution is -2.45. The molecule has 172 valence electrons. The highest BCUT2D eigenvalue weighted by Gasteiger charge is 2.31. The van der Waals surface area contributed by atoms with Crippen molar-refractivity contribution >= 4 is 34.0 Å². The second kappa shape index (κ2) is 9.31. The molecule has 1 aromatic carbocycles. The molecule has 0 atom stereocenters. The van der Waals surface area contributed by atoms with Crippen LogP contribution in [0.25, 0.3) is 10.7 Å². The van der Waals surface area contributed by atoms with Gasteiger partial charge in [0.05, 0.1) is 22.8 Å². The zero-order valence-electron chi connectivity index (χ0n) is 19.0. The molecule has 2 saturated heterocycles. The first-order valence-corrected chi connectivity index (χ1v) is 11.9. The van der Waals surface area contributed by atoms with E-state index in [2.05, 4.69) is 61.4 Å². The van der Waals surface area contributed by atoms with Gasteiger partial charge in [-0.1, -0.05) is 41.9 Å². The minimum Gasteiger partial charge on any atom is -0.352 e. The molecule has 0 spiro atoms. The summed E-state index contributed by atoms with van der Waals surface area (Å²) in [7, 11) is 4.37. The lowest BCUT2D eigenvalue weighted by atomic mass is 10.1. The monoisotopic (exact) mass is 456 g/mol. The first-order valence-electron chi connectivity index (χ1n) is 11.5. The number of likely N-dealkylation sites (N-methyl/N-ethyl adjacent to an activating group) is 2. The SMILES string of the molecule is CN1CCN(CCn2nc(N3CCN(C)CC3)c3c2NNC(c2ccccc2)=C3Cl)CC1. The Hall–Kier alpha value is -2.26. The van der Waals surface area contributed by atoms with E-state index in [-0.39, 0.29) is 0 Å². The number of rotatable bonds is 5. The minimum absolute atomic E-state index is 0.727. The van der Waals surface area contributed by atoms with E-state index in [0.717, 1.165) is 98.9 Å². The number of hydrazine groups is 1. The number of anilines is 2. The summed E-state index contributed by atoms with van der Waals surface area (Å²) in [6.45, 7) is 10.2. The standard InChI is InChI=1S/C23H33ClN8/c1-28-8-12-30(13-9-28)14-17-32-22-19(23(27-32)31-15-10-29(2)11-16-31)20(24)21(25-26-22)18-6-4-3-5-7-18/h3-7,25-26H,8-17H2,1-2H3. The van der Waals surface area contributed by atoms with E-state index in [1.807, 2.05) is 18.2 Å². The van der Waals surface area contributed by atoms with Gasteiger partial charge in [-0.15, -0.1) is 0 Å². The average Bonchev–Trinajstić information content (AvgIpc) is 3.19. The van der Waals surface area contributed by atoms with Crippen LogP contribution in [0.4, 0.5) is 11.6 Å². The molecule has 0 aliphatic carbocycles. The van der Waals surface area contributed by atoms with Crippen LogP contribution < -0.4 is 15.8 Å². The van der Waals surface area contributed by atoms with Gasteiger partial charge in [-0.25, -0.2) is 4.68 Å². The van der Waals surface area contributed by atoms with E-state index >= 15 is 0 Å². The van der Waals surface area contributed by atoms with Crippen LogP contribution in [0.5, 0.6) is 0 Å². The van der Waals surface area contributed by atoms with Crippen LogP contribution in [0.15, 0.2) is 30.3 Å². The first kappa shape index (κ1) is 21.6. The molecule has 2 aromatic rings. The van der Waals surface area contributed by atoms with Gasteiger partial charge in [-0.05, 0) is 14.1 Å². The quantitative estimate of drug-likeness (QED) is 0.712. The van der Waals surface area contributed by atoms with Gasteiger partial charge in [-0.2, -0.15) is 5.10 Å². The van der Waals surface area contributed by atoms with Crippen molar-refractivity contribution in [2.45, 2.75) is 6.54 Å². The fraction of sp³-hybridized carbons (Fsp3) is 0.522. The molecule has 8 nitrogen and oxygen atoms in total. The third kappa shape index (κ3) is 4.32. The number of fused-ring (bicyclic) bond motifs is 1. The number of halogens is 1. The number of aromatic nitrogens is 2. The molecule has 32 heavy (non-hydrogen) atoms. The molecule has 5 rings (SSSR count). The van der Waals surface area contributed by atoms with E-state index in [1.165, 1.54) is 0 Å². The third-order valence-corrected chi connectivity index (χ3v) is 7.15. The molecule has 0 saturated carbocycles. The molecule has 2 fully saturated rings. The number of piperazine rings is 2. The summed E-state index contributed by atoms with van der Waals surface area (Å²) in [6, 6.07) is 10.2. The third-order valence-electron chi connectivity index (χ3n) is 6.77. The van der Waals surface area contributed by atoms with Gasteiger partial charge in [-0.3, -0.25) is 15.8 Å². The highest BCUT2D eigenvalue weighted by Crippen LogP contribution is 2.41. The zero-order chi connectivity index (χ0) is 22.1. The molecule has 0 radical (unpaired) electrons. The largest absolute Gasteiger partial charge is 0.352 e. The number of nitrogens with zero attached hydrogens (tertiary/aromatic N) is 6. The van der Waals surface area contributed by atoms with Crippen LogP contribution in [0.2, 0.25) is 0 Å². The smallest absolute Gasteiger partial charge is 0.161 e. The Morgan fingerprint density at radius 2 is 1.50 bits per heavy atom. The second-order valence-electron chi connectivity index (χ2n) is 9.01. The van der Waals surface area contributed by atoms with Crippen molar-refractivity contribution in [1.82, 2.24) is 29.9 Å². The van der Waals surface area contributed by atoms with E-state index in [9.17, 15) is 0 Å². The van der Waals surface area contributed by atoms with E-state index in [1.54, 1.807) is 0 Å². The number of nitrogens with one attached hydrogen (secondary N) is 2. The van der Waals surface area contributed by atoms with Gasteiger partial charge < -0.3 is 14.7 Å². The van der Waals surface area contributed by atoms with Crippen LogP contribution in [0, 0.1) is 0 Å². The summed E-state index contributed by atoms with van der Waals surface area (Å²) in [4.78, 5) is 9.65. The molecule has 0 unspecified atom stereocenters. The van der Waals surface area contributed by atoms with E-state index < -0.39 is 0 Å². The van der Waals surface area contributed by atoms with Crippen LogP contribution in [0.1, 0.15) is 11.1 Å². The van der Waals surface area contributed by atoms with Crippen molar-refractivity contribution in [3.63, 3.8) is 0 Å². The maximum Gasteiger partial charge on any atom is 0.161 e. The highest BCUT2D eigenvalue weighted by molar-refractivity contribution is 6.53. The topological polar surface area (TPSA) is 54.8 Å². The molecule has 0 bridgehead atoms. The molecular weight excluding hydrogens is 424 g/mol. The summed E-state index contributed by atoms with van der Waals surface area (Å²) in [5.41, 5.74) is 9.72. The Balaban J connectivity index is 1.46. The molecule has 9 heteroatoms. The Morgan fingerprint density at radius 3 is 2.19 bits per heavy atom. The molecule has 2 N–H and O–H groups in total. The van der Waals surface area contributed by atoms with Gasteiger partial charge in [0, 0.05) is 64.5 Å². The van der Waals surface area contributed by atoms with E-state index in [0.29, 0.717) is 0 Å². The van der Waals surface area contributed by atoms with Gasteiger partial charge in [0.25, 0.3) is 0 Å². The normalized spacial score (nSPS) is 20.8. The van der Waals surface area contributed by atoms with Crippen molar-refractivity contribution < 1.29 is 0 Å². The lowest BCUT2D eigenvalue weighted by molar-refractivity contribution is 0.149. The molecular formula is C23H33ClN8. The minimum atomic E-state index is 0.727. The highest BCUT2D eigenvalue weighted by atomic mass is 35.5. The Bertz CT molecular complexity index is 956. The lowest BCUT2D eigenvalue weighted by Gasteiger charge is -2.33. The van der Waals surface area contributed by atoms with Crippen molar-refractivity contribution in [2.75, 3.05) is 83.3 Å². The Kier molecular flexibility index (Phi) is 6.28. The van der Waals surface area contributed by atoms with Crippen LogP contribution >= 0.6 is 11.6 Å². The Morgan fingerprint density at radius 1 is 0.844 bits per heavy atom.